The number of halogens is 2. The molecule has 0 aromatic carbocycles. The van der Waals surface area contributed by atoms with E-state index in [2.05, 4.69) is 33.8 Å². The van der Waals surface area contributed by atoms with Crippen LogP contribution in [0.1, 0.15) is 13.8 Å². The summed E-state index contributed by atoms with van der Waals surface area (Å²) in [4.78, 5) is 4.31. The van der Waals surface area contributed by atoms with Gasteiger partial charge in [-0.1, -0.05) is 23.2 Å². The van der Waals surface area contributed by atoms with Gasteiger partial charge in [-0.2, -0.15) is 0 Å². The summed E-state index contributed by atoms with van der Waals surface area (Å²) in [6, 6.07) is 2.08. The van der Waals surface area contributed by atoms with Crippen LogP contribution in [0.5, 0.6) is 0 Å². The lowest BCUT2D eigenvalue weighted by atomic mass is 10.2. The maximum absolute atomic E-state index is 6.06. The molecule has 0 bridgehead atoms. The van der Waals surface area contributed by atoms with Crippen LogP contribution >= 0.6 is 23.2 Å². The fourth-order valence-corrected chi connectivity index (χ4v) is 2.23. The Morgan fingerprint density at radius 2 is 1.94 bits per heavy atom. The molecule has 0 N–H and O–H groups in total. The van der Waals surface area contributed by atoms with Crippen LogP contribution in [0.15, 0.2) is 6.07 Å². The molecule has 1 unspecified atom stereocenters. The van der Waals surface area contributed by atoms with Crippen molar-refractivity contribution in [3.63, 3.8) is 0 Å². The van der Waals surface area contributed by atoms with E-state index in [1.807, 2.05) is 14.1 Å². The van der Waals surface area contributed by atoms with Gasteiger partial charge in [-0.3, -0.25) is 0 Å². The molecule has 0 aliphatic carbocycles. The number of hydrogen-bond acceptors (Lipinski definition) is 4. The van der Waals surface area contributed by atoms with Crippen LogP contribution in [0.2, 0.25) is 10.3 Å². The van der Waals surface area contributed by atoms with Crippen molar-refractivity contribution in [2.45, 2.75) is 19.9 Å². The Morgan fingerprint density at radius 1 is 1.29 bits per heavy atom. The highest BCUT2D eigenvalue weighted by molar-refractivity contribution is 6.33. The van der Waals surface area contributed by atoms with Crippen LogP contribution in [0.3, 0.4) is 0 Å². The summed E-state index contributed by atoms with van der Waals surface area (Å²) in [5.41, 5.74) is 0.837. The highest BCUT2D eigenvalue weighted by Crippen LogP contribution is 2.26. The van der Waals surface area contributed by atoms with E-state index >= 15 is 0 Å². The molecule has 0 radical (unpaired) electrons. The number of hydrogen-bond donors (Lipinski definition) is 0. The van der Waals surface area contributed by atoms with Gasteiger partial charge in [0.15, 0.2) is 10.3 Å². The summed E-state index contributed by atoms with van der Waals surface area (Å²) in [6.45, 7) is 6.01. The molecule has 6 heteroatoms. The van der Waals surface area contributed by atoms with Crippen LogP contribution in [-0.2, 0) is 0 Å². The fourth-order valence-electron chi connectivity index (χ4n) is 1.89. The van der Waals surface area contributed by atoms with Crippen LogP contribution in [0.4, 0.5) is 5.69 Å². The van der Waals surface area contributed by atoms with E-state index in [4.69, 9.17) is 23.2 Å². The Bertz CT molecular complexity index is 370. The molecule has 0 aliphatic heterocycles. The SMILES string of the molecule is CCN(c1cc(Cl)nnc1Cl)C(C)CN(C)C. The summed E-state index contributed by atoms with van der Waals surface area (Å²) in [7, 11) is 4.09. The van der Waals surface area contributed by atoms with E-state index in [1.165, 1.54) is 0 Å². The minimum atomic E-state index is 0.327. The van der Waals surface area contributed by atoms with E-state index in [0.717, 1.165) is 18.8 Å². The summed E-state index contributed by atoms with van der Waals surface area (Å²) >= 11 is 11.9. The van der Waals surface area contributed by atoms with Crippen molar-refractivity contribution in [1.29, 1.82) is 0 Å². The van der Waals surface area contributed by atoms with Crippen LogP contribution in [-0.4, -0.2) is 48.3 Å². The Hall–Kier alpha value is -0.580. The van der Waals surface area contributed by atoms with Crippen molar-refractivity contribution >= 4 is 28.9 Å². The highest BCUT2D eigenvalue weighted by Gasteiger charge is 2.17. The molecule has 1 atom stereocenters. The minimum Gasteiger partial charge on any atom is -0.365 e. The quantitative estimate of drug-likeness (QED) is 0.828. The van der Waals surface area contributed by atoms with Crippen molar-refractivity contribution in [1.82, 2.24) is 15.1 Å². The van der Waals surface area contributed by atoms with Gasteiger partial charge in [-0.05, 0) is 27.9 Å². The molecule has 17 heavy (non-hydrogen) atoms. The van der Waals surface area contributed by atoms with E-state index in [0.29, 0.717) is 16.3 Å². The van der Waals surface area contributed by atoms with Gasteiger partial charge in [0.25, 0.3) is 0 Å². The zero-order valence-corrected chi connectivity index (χ0v) is 12.1. The molecule has 1 aromatic rings. The lowest BCUT2D eigenvalue weighted by molar-refractivity contribution is 0.373. The molecule has 4 nitrogen and oxygen atoms in total. The van der Waals surface area contributed by atoms with Crippen molar-refractivity contribution in [2.75, 3.05) is 32.1 Å². The molecule has 0 spiro atoms. The Morgan fingerprint density at radius 3 is 2.47 bits per heavy atom. The summed E-state index contributed by atoms with van der Waals surface area (Å²) in [5, 5.41) is 8.31. The van der Waals surface area contributed by atoms with Gasteiger partial charge < -0.3 is 9.80 Å². The average Bonchev–Trinajstić information content (AvgIpc) is 2.23. The Balaban J connectivity index is 2.96. The van der Waals surface area contributed by atoms with E-state index in [1.54, 1.807) is 6.07 Å². The average molecular weight is 277 g/mol. The largest absolute Gasteiger partial charge is 0.365 e. The molecule has 96 valence electrons. The van der Waals surface area contributed by atoms with Gasteiger partial charge in [-0.25, -0.2) is 0 Å². The minimum absolute atomic E-state index is 0.327. The van der Waals surface area contributed by atoms with Crippen molar-refractivity contribution in [3.05, 3.63) is 16.4 Å². The molecule has 1 aromatic heterocycles. The van der Waals surface area contributed by atoms with Gasteiger partial charge in [0.1, 0.15) is 0 Å². The first-order valence-electron chi connectivity index (χ1n) is 5.55. The normalized spacial score (nSPS) is 12.9. The first-order chi connectivity index (χ1) is 7.95. The predicted octanol–water partition coefficient (Wildman–Crippen LogP) is 2.56. The van der Waals surface area contributed by atoms with E-state index < -0.39 is 0 Å². The lowest BCUT2D eigenvalue weighted by Crippen LogP contribution is -2.40. The molecular formula is C11H18Cl2N4. The topological polar surface area (TPSA) is 32.3 Å². The summed E-state index contributed by atoms with van der Waals surface area (Å²) in [5.74, 6) is 0. The van der Waals surface area contributed by atoms with Gasteiger partial charge in [-0.15, -0.1) is 10.2 Å². The molecule has 1 heterocycles. The smallest absolute Gasteiger partial charge is 0.175 e. The van der Waals surface area contributed by atoms with E-state index in [-0.39, 0.29) is 0 Å². The fraction of sp³-hybridized carbons (Fsp3) is 0.636. The van der Waals surface area contributed by atoms with Gasteiger partial charge in [0.2, 0.25) is 0 Å². The monoisotopic (exact) mass is 276 g/mol. The molecule has 0 fully saturated rings. The maximum Gasteiger partial charge on any atom is 0.175 e. The molecular weight excluding hydrogens is 259 g/mol. The zero-order valence-electron chi connectivity index (χ0n) is 10.6. The van der Waals surface area contributed by atoms with Gasteiger partial charge in [0.05, 0.1) is 5.69 Å². The molecule has 0 saturated heterocycles. The number of aromatic nitrogens is 2. The maximum atomic E-state index is 6.06. The lowest BCUT2D eigenvalue weighted by Gasteiger charge is -2.32. The third-order valence-corrected chi connectivity index (χ3v) is 2.97. The van der Waals surface area contributed by atoms with E-state index in [9.17, 15) is 0 Å². The second-order valence-electron chi connectivity index (χ2n) is 4.24. The summed E-state index contributed by atoms with van der Waals surface area (Å²) in [6.07, 6.45) is 0. The second kappa shape index (κ2) is 6.38. The Labute approximate surface area is 113 Å². The highest BCUT2D eigenvalue weighted by atomic mass is 35.5. The number of anilines is 1. The first-order valence-corrected chi connectivity index (χ1v) is 6.31. The first kappa shape index (κ1) is 14.5. The van der Waals surface area contributed by atoms with Crippen molar-refractivity contribution < 1.29 is 0 Å². The van der Waals surface area contributed by atoms with Crippen molar-refractivity contribution in [2.24, 2.45) is 0 Å². The zero-order chi connectivity index (χ0) is 13.0. The molecule has 0 amide bonds. The van der Waals surface area contributed by atoms with Crippen LogP contribution in [0.25, 0.3) is 0 Å². The summed E-state index contributed by atoms with van der Waals surface area (Å²) < 4.78 is 0. The standard InChI is InChI=1S/C11H18Cl2N4/c1-5-17(8(2)7-16(3)4)9-6-10(12)14-15-11(9)13/h6,8H,5,7H2,1-4H3. The van der Waals surface area contributed by atoms with Crippen molar-refractivity contribution in [3.8, 4) is 0 Å². The molecule has 0 saturated carbocycles. The molecule has 0 aliphatic rings. The predicted molar refractivity (Wildman–Crippen MR) is 73.1 cm³/mol. The third kappa shape index (κ3) is 3.98. The molecule has 1 rings (SSSR count). The third-order valence-electron chi connectivity index (χ3n) is 2.51. The van der Waals surface area contributed by atoms with Crippen LogP contribution < -0.4 is 4.90 Å². The number of rotatable bonds is 5. The Kier molecular flexibility index (Phi) is 5.43. The van der Waals surface area contributed by atoms with Gasteiger partial charge in [0, 0.05) is 25.2 Å². The van der Waals surface area contributed by atoms with Gasteiger partial charge >= 0.3 is 0 Å². The number of nitrogens with zero attached hydrogens (tertiary/aromatic N) is 4. The van der Waals surface area contributed by atoms with Crippen LogP contribution in [0, 0.1) is 0 Å². The second-order valence-corrected chi connectivity index (χ2v) is 4.99. The number of likely N-dealkylation sites (N-methyl/N-ethyl adjacent to an activating group) is 2.